The van der Waals surface area contributed by atoms with Crippen LogP contribution in [0.1, 0.15) is 24.7 Å². The first-order chi connectivity index (χ1) is 14.5. The summed E-state index contributed by atoms with van der Waals surface area (Å²) in [7, 11) is 0. The largest absolute Gasteiger partial charge is 0.420 e. The number of piperidine rings is 1. The Morgan fingerprint density at radius 2 is 1.73 bits per heavy atom. The number of hydrogen-bond acceptors (Lipinski definition) is 5. The van der Waals surface area contributed by atoms with Gasteiger partial charge in [-0.25, -0.2) is 13.2 Å². The third-order valence-corrected chi connectivity index (χ3v) is 5.04. The number of nitrogens with zero attached hydrogens (tertiary/aromatic N) is 3. The highest BCUT2D eigenvalue weighted by molar-refractivity contribution is 5.92. The second-order valence-electron chi connectivity index (χ2n) is 7.18. The Morgan fingerprint density at radius 3 is 2.43 bits per heavy atom. The molecule has 0 bridgehead atoms. The maximum atomic E-state index is 13.7. The van der Waals surface area contributed by atoms with Crippen molar-refractivity contribution in [3.05, 3.63) is 65.8 Å². The van der Waals surface area contributed by atoms with Gasteiger partial charge in [0, 0.05) is 17.5 Å². The molecule has 1 N–H and O–H groups in total. The number of aromatic nitrogens is 2. The molecule has 0 atom stereocenters. The maximum absolute atomic E-state index is 13.7. The molecule has 6 nitrogen and oxygen atoms in total. The van der Waals surface area contributed by atoms with Crippen LogP contribution in [0.25, 0.3) is 11.5 Å². The molecule has 1 aliphatic heterocycles. The number of rotatable bonds is 5. The van der Waals surface area contributed by atoms with Crippen LogP contribution >= 0.6 is 0 Å². The summed E-state index contributed by atoms with van der Waals surface area (Å²) in [4.78, 5) is 14.1. The van der Waals surface area contributed by atoms with Crippen molar-refractivity contribution in [1.82, 2.24) is 15.1 Å². The molecule has 156 valence electrons. The SMILES string of the molecule is O=C(CN1CCC(c2nnc(-c3ccc(F)cc3)o2)CC1)Nc1ccc(F)cc1F. The van der Waals surface area contributed by atoms with Crippen molar-refractivity contribution in [1.29, 1.82) is 0 Å². The fraction of sp³-hybridized carbons (Fsp3) is 0.286. The number of amides is 1. The zero-order valence-electron chi connectivity index (χ0n) is 15.9. The molecule has 1 amide bonds. The minimum Gasteiger partial charge on any atom is -0.420 e. The summed E-state index contributed by atoms with van der Waals surface area (Å²) in [5, 5.41) is 10.6. The second kappa shape index (κ2) is 8.66. The molecule has 1 saturated heterocycles. The number of carbonyl (C=O) groups is 1. The third-order valence-electron chi connectivity index (χ3n) is 5.04. The molecule has 1 aromatic heterocycles. The number of anilines is 1. The van der Waals surface area contributed by atoms with Crippen LogP contribution < -0.4 is 5.32 Å². The average Bonchev–Trinajstić information content (AvgIpc) is 3.21. The van der Waals surface area contributed by atoms with Gasteiger partial charge in [-0.1, -0.05) is 0 Å². The van der Waals surface area contributed by atoms with Gasteiger partial charge in [0.25, 0.3) is 0 Å². The molecule has 2 heterocycles. The van der Waals surface area contributed by atoms with Gasteiger partial charge in [0.2, 0.25) is 17.7 Å². The minimum atomic E-state index is -0.810. The van der Waals surface area contributed by atoms with Crippen molar-refractivity contribution in [3.8, 4) is 11.5 Å². The summed E-state index contributed by atoms with van der Waals surface area (Å²) in [6.07, 6.45) is 1.45. The molecular weight excluding hydrogens is 397 g/mol. The number of carbonyl (C=O) groups excluding carboxylic acids is 1. The standard InChI is InChI=1S/C21H19F3N4O2/c22-15-3-1-13(2-4-15)20-26-27-21(30-20)14-7-9-28(10-8-14)12-19(29)25-18-6-5-16(23)11-17(18)24/h1-6,11,14H,7-10,12H2,(H,25,29). The fourth-order valence-corrected chi connectivity index (χ4v) is 3.43. The number of nitrogens with one attached hydrogen (secondary N) is 1. The van der Waals surface area contributed by atoms with E-state index < -0.39 is 11.6 Å². The Morgan fingerprint density at radius 1 is 1.03 bits per heavy atom. The van der Waals surface area contributed by atoms with Crippen LogP contribution in [-0.2, 0) is 4.79 Å². The van der Waals surface area contributed by atoms with Crippen LogP contribution in [-0.4, -0.2) is 40.6 Å². The smallest absolute Gasteiger partial charge is 0.247 e. The lowest BCUT2D eigenvalue weighted by molar-refractivity contribution is -0.117. The molecule has 30 heavy (non-hydrogen) atoms. The van der Waals surface area contributed by atoms with Crippen molar-refractivity contribution < 1.29 is 22.4 Å². The molecule has 3 aromatic rings. The van der Waals surface area contributed by atoms with Gasteiger partial charge in [0.05, 0.1) is 12.2 Å². The Kier molecular flexibility index (Phi) is 5.80. The average molecular weight is 416 g/mol. The van der Waals surface area contributed by atoms with E-state index in [4.69, 9.17) is 4.42 Å². The van der Waals surface area contributed by atoms with Gasteiger partial charge in [0.15, 0.2) is 0 Å². The molecule has 2 aromatic carbocycles. The van der Waals surface area contributed by atoms with Gasteiger partial charge < -0.3 is 9.73 Å². The van der Waals surface area contributed by atoms with Crippen molar-refractivity contribution in [2.45, 2.75) is 18.8 Å². The summed E-state index contributed by atoms with van der Waals surface area (Å²) in [6, 6.07) is 8.85. The third kappa shape index (κ3) is 4.68. The fourth-order valence-electron chi connectivity index (χ4n) is 3.43. The highest BCUT2D eigenvalue weighted by Crippen LogP contribution is 2.29. The van der Waals surface area contributed by atoms with E-state index in [0.717, 1.165) is 25.0 Å². The minimum absolute atomic E-state index is 0.0459. The predicted molar refractivity (Wildman–Crippen MR) is 103 cm³/mol. The Labute approximate surface area is 170 Å². The Balaban J connectivity index is 1.30. The molecule has 0 spiro atoms. The molecule has 1 aliphatic rings. The highest BCUT2D eigenvalue weighted by atomic mass is 19.1. The molecular formula is C21H19F3N4O2. The lowest BCUT2D eigenvalue weighted by Gasteiger charge is -2.29. The van der Waals surface area contributed by atoms with Gasteiger partial charge in [0.1, 0.15) is 17.5 Å². The molecule has 9 heteroatoms. The van der Waals surface area contributed by atoms with Crippen molar-refractivity contribution in [2.75, 3.05) is 25.0 Å². The monoisotopic (exact) mass is 416 g/mol. The first kappa shape index (κ1) is 20.1. The number of benzene rings is 2. The number of likely N-dealkylation sites (tertiary alicyclic amines) is 1. The van der Waals surface area contributed by atoms with Crippen molar-refractivity contribution >= 4 is 11.6 Å². The van der Waals surface area contributed by atoms with Crippen LogP contribution in [0.4, 0.5) is 18.9 Å². The van der Waals surface area contributed by atoms with Crippen LogP contribution in [0.3, 0.4) is 0 Å². The van der Waals surface area contributed by atoms with Crippen molar-refractivity contribution in [2.24, 2.45) is 0 Å². The van der Waals surface area contributed by atoms with Gasteiger partial charge >= 0.3 is 0 Å². The summed E-state index contributed by atoms with van der Waals surface area (Å²) in [5.41, 5.74) is 0.604. The molecule has 0 saturated carbocycles. The number of hydrogen-bond donors (Lipinski definition) is 1. The van der Waals surface area contributed by atoms with E-state index in [1.165, 1.54) is 18.2 Å². The molecule has 4 rings (SSSR count). The molecule has 1 fully saturated rings. The van der Waals surface area contributed by atoms with Crippen molar-refractivity contribution in [3.63, 3.8) is 0 Å². The quantitative estimate of drug-likeness (QED) is 0.682. The zero-order chi connectivity index (χ0) is 21.1. The summed E-state index contributed by atoms with van der Waals surface area (Å²) >= 11 is 0. The van der Waals surface area contributed by atoms with Crippen LogP contribution in [0, 0.1) is 17.5 Å². The number of halogens is 3. The Hall–Kier alpha value is -3.20. The van der Waals surface area contributed by atoms with Gasteiger partial charge in [-0.2, -0.15) is 0 Å². The van der Waals surface area contributed by atoms with Crippen LogP contribution in [0.15, 0.2) is 46.9 Å². The normalized spacial score (nSPS) is 15.3. The van der Waals surface area contributed by atoms with E-state index in [9.17, 15) is 18.0 Å². The van der Waals surface area contributed by atoms with E-state index in [1.54, 1.807) is 12.1 Å². The molecule has 0 radical (unpaired) electrons. The van der Waals surface area contributed by atoms with Crippen LogP contribution in [0.2, 0.25) is 0 Å². The van der Waals surface area contributed by atoms with Crippen LogP contribution in [0.5, 0.6) is 0 Å². The lowest BCUT2D eigenvalue weighted by Crippen LogP contribution is -2.38. The van der Waals surface area contributed by atoms with Gasteiger partial charge in [-0.3, -0.25) is 9.69 Å². The summed E-state index contributed by atoms with van der Waals surface area (Å²) in [6.45, 7) is 1.38. The molecule has 0 aliphatic carbocycles. The van der Waals surface area contributed by atoms with Gasteiger partial charge in [-0.15, -0.1) is 10.2 Å². The first-order valence-electron chi connectivity index (χ1n) is 9.54. The predicted octanol–water partition coefficient (Wildman–Crippen LogP) is 3.97. The highest BCUT2D eigenvalue weighted by Gasteiger charge is 2.26. The van der Waals surface area contributed by atoms with E-state index in [1.807, 2.05) is 4.90 Å². The summed E-state index contributed by atoms with van der Waals surface area (Å²) < 4.78 is 45.4. The van der Waals surface area contributed by atoms with E-state index in [2.05, 4.69) is 15.5 Å². The van der Waals surface area contributed by atoms with E-state index >= 15 is 0 Å². The Bertz CT molecular complexity index is 1030. The zero-order valence-corrected chi connectivity index (χ0v) is 15.9. The lowest BCUT2D eigenvalue weighted by atomic mass is 9.97. The molecule has 0 unspecified atom stereocenters. The van der Waals surface area contributed by atoms with E-state index in [0.29, 0.717) is 30.4 Å². The topological polar surface area (TPSA) is 71.3 Å². The first-order valence-corrected chi connectivity index (χ1v) is 9.54. The summed E-state index contributed by atoms with van der Waals surface area (Å²) in [5.74, 6) is -1.28. The van der Waals surface area contributed by atoms with E-state index in [-0.39, 0.29) is 29.9 Å². The maximum Gasteiger partial charge on any atom is 0.247 e. The van der Waals surface area contributed by atoms with Gasteiger partial charge in [-0.05, 0) is 62.3 Å². The second-order valence-corrected chi connectivity index (χ2v) is 7.18.